The third kappa shape index (κ3) is 3.96. The normalized spacial score (nSPS) is 13.1. The first-order chi connectivity index (χ1) is 14.1. The lowest BCUT2D eigenvalue weighted by Crippen LogP contribution is -2.29. The topological polar surface area (TPSA) is 85.1 Å². The minimum Gasteiger partial charge on any atom is -0.489 e. The molecule has 0 bridgehead atoms. The Morgan fingerprint density at radius 3 is 2.93 bits per heavy atom. The summed E-state index contributed by atoms with van der Waals surface area (Å²) in [6, 6.07) is 12.1. The van der Waals surface area contributed by atoms with Gasteiger partial charge in [-0.15, -0.1) is 11.3 Å². The van der Waals surface area contributed by atoms with Crippen molar-refractivity contribution in [3.63, 3.8) is 0 Å². The molecule has 1 aromatic heterocycles. The van der Waals surface area contributed by atoms with Crippen molar-refractivity contribution >= 4 is 37.9 Å². The molecule has 1 aliphatic heterocycles. The second-order valence-corrected chi connectivity index (χ2v) is 8.55. The van der Waals surface area contributed by atoms with Crippen LogP contribution < -0.4 is 19.1 Å². The standard InChI is InChI=1S/C19H16N4O4S2/c1-20-13-27-17-5-3-2-4-15(17)23-9-10-26-18-12-14(6-7-16(18)23)29(24,25)22-19-21-8-11-28-19/h2-8,11-12H,9-10,13H2,(H,21,22). The Balaban J connectivity index is 1.67. The number of aromatic nitrogens is 1. The van der Waals surface area contributed by atoms with E-state index in [0.29, 0.717) is 29.8 Å². The number of nitrogens with one attached hydrogen (secondary N) is 1. The van der Waals surface area contributed by atoms with Gasteiger partial charge in [-0.3, -0.25) is 9.57 Å². The van der Waals surface area contributed by atoms with E-state index < -0.39 is 10.0 Å². The number of ether oxygens (including phenoxy) is 2. The van der Waals surface area contributed by atoms with Gasteiger partial charge >= 0.3 is 6.73 Å². The van der Waals surface area contributed by atoms with Gasteiger partial charge in [0, 0.05) is 17.6 Å². The fourth-order valence-corrected chi connectivity index (χ4v) is 4.77. The third-order valence-electron chi connectivity index (χ3n) is 4.20. The summed E-state index contributed by atoms with van der Waals surface area (Å²) in [5, 5.41) is 2.00. The summed E-state index contributed by atoms with van der Waals surface area (Å²) in [7, 11) is -3.78. The van der Waals surface area contributed by atoms with E-state index in [1.165, 1.54) is 29.7 Å². The molecule has 3 aromatic rings. The van der Waals surface area contributed by atoms with Crippen LogP contribution in [0.25, 0.3) is 4.85 Å². The van der Waals surface area contributed by atoms with Gasteiger partial charge < -0.3 is 14.4 Å². The highest BCUT2D eigenvalue weighted by Gasteiger charge is 2.25. The Kier molecular flexibility index (Phi) is 5.24. The number of rotatable bonds is 6. The number of benzene rings is 2. The molecule has 0 aliphatic carbocycles. The van der Waals surface area contributed by atoms with Crippen LogP contribution in [-0.2, 0) is 10.0 Å². The van der Waals surface area contributed by atoms with E-state index in [-0.39, 0.29) is 11.6 Å². The van der Waals surface area contributed by atoms with Crippen molar-refractivity contribution in [3.8, 4) is 11.5 Å². The number of hydrogen-bond donors (Lipinski definition) is 1. The lowest BCUT2D eigenvalue weighted by atomic mass is 10.2. The van der Waals surface area contributed by atoms with Crippen LogP contribution in [0.1, 0.15) is 0 Å². The maximum atomic E-state index is 12.6. The maximum absolute atomic E-state index is 12.6. The highest BCUT2D eigenvalue weighted by atomic mass is 32.2. The van der Waals surface area contributed by atoms with Gasteiger partial charge in [-0.1, -0.05) is 12.1 Å². The second kappa shape index (κ2) is 7.98. The highest BCUT2D eigenvalue weighted by molar-refractivity contribution is 7.93. The van der Waals surface area contributed by atoms with Crippen LogP contribution in [0, 0.1) is 6.57 Å². The Bertz CT molecular complexity index is 1160. The molecule has 0 amide bonds. The molecule has 0 atom stereocenters. The van der Waals surface area contributed by atoms with Gasteiger partial charge in [-0.2, -0.15) is 0 Å². The molecule has 8 nitrogen and oxygen atoms in total. The van der Waals surface area contributed by atoms with Crippen LogP contribution >= 0.6 is 11.3 Å². The quantitative estimate of drug-likeness (QED) is 0.602. The molecule has 1 N–H and O–H groups in total. The van der Waals surface area contributed by atoms with Crippen molar-refractivity contribution in [3.05, 3.63) is 65.5 Å². The molecule has 0 fully saturated rings. The van der Waals surface area contributed by atoms with Crippen LogP contribution in [-0.4, -0.2) is 33.3 Å². The number of fused-ring (bicyclic) bond motifs is 1. The lowest BCUT2D eigenvalue weighted by molar-refractivity contribution is 0.311. The predicted octanol–water partition coefficient (Wildman–Crippen LogP) is 3.73. The predicted molar refractivity (Wildman–Crippen MR) is 110 cm³/mol. The second-order valence-electron chi connectivity index (χ2n) is 5.97. The molecule has 10 heteroatoms. The van der Waals surface area contributed by atoms with Crippen molar-refractivity contribution in [2.45, 2.75) is 4.90 Å². The average Bonchev–Trinajstić information content (AvgIpc) is 3.24. The lowest BCUT2D eigenvalue weighted by Gasteiger charge is -2.32. The van der Waals surface area contributed by atoms with E-state index in [4.69, 9.17) is 16.0 Å². The highest BCUT2D eigenvalue weighted by Crippen LogP contribution is 2.41. The zero-order valence-electron chi connectivity index (χ0n) is 15.1. The van der Waals surface area contributed by atoms with Gasteiger partial charge in [0.1, 0.15) is 12.4 Å². The molecular formula is C19H16N4O4S2. The largest absolute Gasteiger partial charge is 0.489 e. The van der Waals surface area contributed by atoms with Gasteiger partial charge in [-0.25, -0.2) is 20.0 Å². The van der Waals surface area contributed by atoms with Gasteiger partial charge in [-0.05, 0) is 24.3 Å². The summed E-state index contributed by atoms with van der Waals surface area (Å²) < 4.78 is 39.0. The Morgan fingerprint density at radius 1 is 1.28 bits per heavy atom. The summed E-state index contributed by atoms with van der Waals surface area (Å²) in [6.45, 7) is 7.81. The van der Waals surface area contributed by atoms with Crippen molar-refractivity contribution in [2.24, 2.45) is 0 Å². The van der Waals surface area contributed by atoms with Gasteiger partial charge in [0.15, 0.2) is 10.9 Å². The summed E-state index contributed by atoms with van der Waals surface area (Å²) in [4.78, 5) is 9.27. The number of hydrogen-bond acceptors (Lipinski definition) is 7. The third-order valence-corrected chi connectivity index (χ3v) is 6.35. The number of sulfonamides is 1. The van der Waals surface area contributed by atoms with Crippen LogP contribution in [0.3, 0.4) is 0 Å². The average molecular weight is 428 g/mol. The van der Waals surface area contributed by atoms with Gasteiger partial charge in [0.25, 0.3) is 10.0 Å². The first-order valence-corrected chi connectivity index (χ1v) is 11.0. The molecule has 0 radical (unpaired) electrons. The summed E-state index contributed by atoms with van der Waals surface area (Å²) in [6.07, 6.45) is 1.53. The molecule has 0 unspecified atom stereocenters. The Morgan fingerprint density at radius 2 is 2.14 bits per heavy atom. The first kappa shape index (κ1) is 19.0. The van der Waals surface area contributed by atoms with Gasteiger partial charge in [0.2, 0.25) is 0 Å². The zero-order chi connectivity index (χ0) is 20.3. The minimum absolute atomic E-state index is 0.0756. The van der Waals surface area contributed by atoms with E-state index in [1.54, 1.807) is 17.5 Å². The summed E-state index contributed by atoms with van der Waals surface area (Å²) in [5.41, 5.74) is 1.51. The number of thiazole rings is 1. The molecule has 0 spiro atoms. The summed E-state index contributed by atoms with van der Waals surface area (Å²) >= 11 is 1.20. The zero-order valence-corrected chi connectivity index (χ0v) is 16.7. The van der Waals surface area contributed by atoms with E-state index in [2.05, 4.69) is 14.6 Å². The fourth-order valence-electron chi connectivity index (χ4n) is 2.97. The molecule has 2 heterocycles. The first-order valence-electron chi connectivity index (χ1n) is 8.60. The van der Waals surface area contributed by atoms with Crippen LogP contribution in [0.15, 0.2) is 58.9 Å². The number of anilines is 3. The van der Waals surface area contributed by atoms with Gasteiger partial charge in [0.05, 0.1) is 22.8 Å². The number of nitrogens with zero attached hydrogens (tertiary/aromatic N) is 3. The van der Waals surface area contributed by atoms with Crippen molar-refractivity contribution in [1.29, 1.82) is 0 Å². The molecule has 4 rings (SSSR count). The van der Waals surface area contributed by atoms with Crippen LogP contribution in [0.4, 0.5) is 16.5 Å². The molecule has 2 aromatic carbocycles. The Hall–Kier alpha value is -3.29. The van der Waals surface area contributed by atoms with Crippen molar-refractivity contribution in [2.75, 3.05) is 29.5 Å². The van der Waals surface area contributed by atoms with Crippen molar-refractivity contribution in [1.82, 2.24) is 4.98 Å². The van der Waals surface area contributed by atoms with Crippen LogP contribution in [0.5, 0.6) is 11.5 Å². The van der Waals surface area contributed by atoms with E-state index in [9.17, 15) is 8.42 Å². The Labute approximate surface area is 172 Å². The number of para-hydroxylation sites is 2. The molecule has 148 valence electrons. The fraction of sp³-hybridized carbons (Fsp3) is 0.158. The van der Waals surface area contributed by atoms with Crippen molar-refractivity contribution < 1.29 is 17.9 Å². The van der Waals surface area contributed by atoms with E-state index in [1.807, 2.05) is 23.1 Å². The smallest absolute Gasteiger partial charge is 0.357 e. The maximum Gasteiger partial charge on any atom is 0.357 e. The van der Waals surface area contributed by atoms with Crippen LogP contribution in [0.2, 0.25) is 0 Å². The molecule has 0 saturated carbocycles. The summed E-state index contributed by atoms with van der Waals surface area (Å²) in [5.74, 6) is 1.04. The molecule has 0 saturated heterocycles. The molecule has 1 aliphatic rings. The molecular weight excluding hydrogens is 412 g/mol. The SMILES string of the molecule is [C-]#[N+]COc1ccccc1N1CCOc2cc(S(=O)(=O)Nc3nccs3)ccc21. The minimum atomic E-state index is -3.78. The van der Waals surface area contributed by atoms with E-state index >= 15 is 0 Å². The monoisotopic (exact) mass is 428 g/mol. The molecule has 29 heavy (non-hydrogen) atoms. The van der Waals surface area contributed by atoms with E-state index in [0.717, 1.165) is 11.4 Å².